The standard InChI is InChI=1S/C16H15N3O/c17-15-10-16(20)19(18-15)11-12-6-8-14(9-7-12)13-4-2-1-3-5-13/h1-10,18H,11,17H2. The summed E-state index contributed by atoms with van der Waals surface area (Å²) < 4.78 is 1.49. The molecule has 0 unspecified atom stereocenters. The van der Waals surface area contributed by atoms with Crippen LogP contribution in [0.15, 0.2) is 65.5 Å². The first-order chi connectivity index (χ1) is 9.72. The lowest BCUT2D eigenvalue weighted by atomic mass is 10.0. The van der Waals surface area contributed by atoms with Gasteiger partial charge in [0.2, 0.25) is 0 Å². The molecule has 4 nitrogen and oxygen atoms in total. The van der Waals surface area contributed by atoms with Gasteiger partial charge in [0.05, 0.1) is 6.54 Å². The van der Waals surface area contributed by atoms with Crippen LogP contribution in [0.5, 0.6) is 0 Å². The Morgan fingerprint density at radius 3 is 2.20 bits per heavy atom. The minimum atomic E-state index is -0.116. The van der Waals surface area contributed by atoms with Gasteiger partial charge in [0.15, 0.2) is 0 Å². The van der Waals surface area contributed by atoms with E-state index in [1.165, 1.54) is 16.3 Å². The van der Waals surface area contributed by atoms with Crippen LogP contribution in [0.3, 0.4) is 0 Å². The fourth-order valence-electron chi connectivity index (χ4n) is 2.19. The van der Waals surface area contributed by atoms with Gasteiger partial charge in [-0.15, -0.1) is 0 Å². The Morgan fingerprint density at radius 1 is 0.950 bits per heavy atom. The summed E-state index contributed by atoms with van der Waals surface area (Å²) >= 11 is 0. The number of hydrogen-bond donors (Lipinski definition) is 2. The number of rotatable bonds is 3. The molecule has 0 aliphatic carbocycles. The fraction of sp³-hybridized carbons (Fsp3) is 0.0625. The molecule has 0 aliphatic heterocycles. The second kappa shape index (κ2) is 5.09. The predicted molar refractivity (Wildman–Crippen MR) is 80.4 cm³/mol. The highest BCUT2D eigenvalue weighted by atomic mass is 16.1. The highest BCUT2D eigenvalue weighted by molar-refractivity contribution is 5.63. The van der Waals surface area contributed by atoms with Crippen LogP contribution in [-0.2, 0) is 6.54 Å². The monoisotopic (exact) mass is 265 g/mol. The van der Waals surface area contributed by atoms with Crippen LogP contribution in [-0.4, -0.2) is 9.78 Å². The van der Waals surface area contributed by atoms with Gasteiger partial charge in [0, 0.05) is 6.07 Å². The molecule has 3 rings (SSSR count). The molecule has 0 radical (unpaired) electrons. The van der Waals surface area contributed by atoms with Crippen LogP contribution < -0.4 is 11.3 Å². The third-order valence-corrected chi connectivity index (χ3v) is 3.21. The molecule has 1 heterocycles. The minimum absolute atomic E-state index is 0.116. The smallest absolute Gasteiger partial charge is 0.268 e. The summed E-state index contributed by atoms with van der Waals surface area (Å²) in [6.07, 6.45) is 0. The van der Waals surface area contributed by atoms with Crippen LogP contribution >= 0.6 is 0 Å². The van der Waals surface area contributed by atoms with E-state index in [9.17, 15) is 4.79 Å². The maximum Gasteiger partial charge on any atom is 0.268 e. The second-order valence-corrected chi connectivity index (χ2v) is 4.70. The number of anilines is 1. The van der Waals surface area contributed by atoms with Crippen molar-refractivity contribution in [2.45, 2.75) is 6.54 Å². The first-order valence-electron chi connectivity index (χ1n) is 6.42. The highest BCUT2D eigenvalue weighted by Crippen LogP contribution is 2.19. The van der Waals surface area contributed by atoms with Crippen LogP contribution in [0.1, 0.15) is 5.56 Å². The number of nitrogens with one attached hydrogen (secondary N) is 1. The number of nitrogens with two attached hydrogens (primary N) is 1. The van der Waals surface area contributed by atoms with Crippen molar-refractivity contribution in [1.29, 1.82) is 0 Å². The summed E-state index contributed by atoms with van der Waals surface area (Å²) in [4.78, 5) is 11.6. The zero-order valence-corrected chi connectivity index (χ0v) is 10.9. The van der Waals surface area contributed by atoms with Crippen molar-refractivity contribution in [2.24, 2.45) is 0 Å². The molecule has 0 bridgehead atoms. The van der Waals surface area contributed by atoms with E-state index in [-0.39, 0.29) is 5.56 Å². The van der Waals surface area contributed by atoms with E-state index < -0.39 is 0 Å². The molecule has 2 aromatic carbocycles. The molecule has 4 heteroatoms. The number of nitrogen functional groups attached to an aromatic ring is 1. The van der Waals surface area contributed by atoms with E-state index in [0.29, 0.717) is 12.4 Å². The largest absolute Gasteiger partial charge is 0.384 e. The SMILES string of the molecule is Nc1cc(=O)n(Cc2ccc(-c3ccccc3)cc2)[nH]1. The molecule has 0 aliphatic rings. The van der Waals surface area contributed by atoms with Gasteiger partial charge in [-0.1, -0.05) is 54.6 Å². The third kappa shape index (κ3) is 2.49. The molecule has 20 heavy (non-hydrogen) atoms. The maximum atomic E-state index is 11.6. The number of benzene rings is 2. The highest BCUT2D eigenvalue weighted by Gasteiger charge is 2.02. The number of aromatic nitrogens is 2. The Balaban J connectivity index is 1.83. The second-order valence-electron chi connectivity index (χ2n) is 4.70. The van der Waals surface area contributed by atoms with Gasteiger partial charge in [-0.25, -0.2) is 4.68 Å². The Hall–Kier alpha value is -2.75. The third-order valence-electron chi connectivity index (χ3n) is 3.21. The Morgan fingerprint density at radius 2 is 1.60 bits per heavy atom. The molecule has 0 amide bonds. The summed E-state index contributed by atoms with van der Waals surface area (Å²) in [5.41, 5.74) is 8.83. The van der Waals surface area contributed by atoms with E-state index in [1.54, 1.807) is 0 Å². The van der Waals surface area contributed by atoms with Gasteiger partial charge in [-0.2, -0.15) is 0 Å². The quantitative estimate of drug-likeness (QED) is 0.764. The van der Waals surface area contributed by atoms with E-state index in [0.717, 1.165) is 11.1 Å². The van der Waals surface area contributed by atoms with Gasteiger partial charge >= 0.3 is 0 Å². The maximum absolute atomic E-state index is 11.6. The molecule has 0 atom stereocenters. The Kier molecular flexibility index (Phi) is 3.13. The van der Waals surface area contributed by atoms with Crippen molar-refractivity contribution in [3.63, 3.8) is 0 Å². The zero-order chi connectivity index (χ0) is 13.9. The summed E-state index contributed by atoms with van der Waals surface area (Å²) in [5, 5.41) is 2.82. The normalized spacial score (nSPS) is 10.6. The van der Waals surface area contributed by atoms with Gasteiger partial charge < -0.3 is 5.73 Å². The molecule has 0 saturated heterocycles. The molecule has 0 fully saturated rings. The lowest BCUT2D eigenvalue weighted by Crippen LogP contribution is -2.16. The van der Waals surface area contributed by atoms with Gasteiger partial charge in [0.25, 0.3) is 5.56 Å². The van der Waals surface area contributed by atoms with Crippen molar-refractivity contribution >= 4 is 5.82 Å². The first kappa shape index (κ1) is 12.3. The van der Waals surface area contributed by atoms with Crippen molar-refractivity contribution in [3.8, 4) is 11.1 Å². The van der Waals surface area contributed by atoms with E-state index in [2.05, 4.69) is 29.4 Å². The topological polar surface area (TPSA) is 63.8 Å². The van der Waals surface area contributed by atoms with E-state index in [1.807, 2.05) is 30.3 Å². The molecule has 3 N–H and O–H groups in total. The number of aromatic amines is 1. The fourth-order valence-corrected chi connectivity index (χ4v) is 2.19. The lowest BCUT2D eigenvalue weighted by molar-refractivity contribution is 0.667. The van der Waals surface area contributed by atoms with Crippen molar-refractivity contribution < 1.29 is 0 Å². The molecule has 3 aromatic rings. The molecule has 0 saturated carbocycles. The number of H-pyrrole nitrogens is 1. The molecule has 1 aromatic heterocycles. The van der Waals surface area contributed by atoms with Crippen LogP contribution in [0.4, 0.5) is 5.82 Å². The summed E-state index contributed by atoms with van der Waals surface area (Å²) in [5.74, 6) is 0.385. The Labute approximate surface area is 116 Å². The summed E-state index contributed by atoms with van der Waals surface area (Å²) in [7, 11) is 0. The van der Waals surface area contributed by atoms with Crippen molar-refractivity contribution in [1.82, 2.24) is 9.78 Å². The van der Waals surface area contributed by atoms with E-state index >= 15 is 0 Å². The van der Waals surface area contributed by atoms with Crippen LogP contribution in [0.25, 0.3) is 11.1 Å². The first-order valence-corrected chi connectivity index (χ1v) is 6.42. The van der Waals surface area contributed by atoms with E-state index in [4.69, 9.17) is 5.73 Å². The average molecular weight is 265 g/mol. The number of hydrogen-bond acceptors (Lipinski definition) is 2. The average Bonchev–Trinajstić information content (AvgIpc) is 2.79. The van der Waals surface area contributed by atoms with Gasteiger partial charge in [0.1, 0.15) is 5.82 Å². The molecule has 0 spiro atoms. The zero-order valence-electron chi connectivity index (χ0n) is 10.9. The van der Waals surface area contributed by atoms with Crippen molar-refractivity contribution in [3.05, 3.63) is 76.6 Å². The van der Waals surface area contributed by atoms with Crippen LogP contribution in [0.2, 0.25) is 0 Å². The summed E-state index contributed by atoms with van der Waals surface area (Å²) in [6.45, 7) is 0.491. The molecule has 100 valence electrons. The van der Waals surface area contributed by atoms with Gasteiger partial charge in [-0.05, 0) is 16.7 Å². The van der Waals surface area contributed by atoms with Gasteiger partial charge in [-0.3, -0.25) is 9.89 Å². The van der Waals surface area contributed by atoms with Crippen LogP contribution in [0, 0.1) is 0 Å². The summed E-state index contributed by atoms with van der Waals surface area (Å²) in [6, 6.07) is 19.7. The lowest BCUT2D eigenvalue weighted by Gasteiger charge is -2.05. The van der Waals surface area contributed by atoms with Crippen molar-refractivity contribution in [2.75, 3.05) is 5.73 Å². The Bertz CT molecular complexity index is 754. The number of nitrogens with zero attached hydrogens (tertiary/aromatic N) is 1. The molecular weight excluding hydrogens is 250 g/mol. The minimum Gasteiger partial charge on any atom is -0.384 e. The predicted octanol–water partition coefficient (Wildman–Crippen LogP) is 2.47. The molecular formula is C16H15N3O.